The molecule has 172 valence electrons. The summed E-state index contributed by atoms with van der Waals surface area (Å²) >= 11 is 0. The monoisotopic (exact) mass is 446 g/mol. The van der Waals surface area contributed by atoms with E-state index in [0.29, 0.717) is 25.9 Å². The molecule has 3 aromatic rings. The quantitative estimate of drug-likeness (QED) is 0.463. The maximum Gasteiger partial charge on any atom is 0.254 e. The van der Waals surface area contributed by atoms with Crippen molar-refractivity contribution in [3.8, 4) is 0 Å². The molecule has 0 saturated carbocycles. The number of halogens is 1. The van der Waals surface area contributed by atoms with Crippen LogP contribution in [0, 0.1) is 11.7 Å². The van der Waals surface area contributed by atoms with Crippen molar-refractivity contribution in [1.29, 1.82) is 0 Å². The third-order valence-corrected chi connectivity index (χ3v) is 5.93. The smallest absolute Gasteiger partial charge is 0.254 e. The molecule has 2 atom stereocenters. The summed E-state index contributed by atoms with van der Waals surface area (Å²) in [4.78, 5) is 28.4. The number of nitrogens with one attached hydrogen (secondary N) is 1. The molecule has 0 fully saturated rings. The van der Waals surface area contributed by atoms with Crippen molar-refractivity contribution in [2.45, 2.75) is 39.3 Å². The van der Waals surface area contributed by atoms with Gasteiger partial charge in [-0.3, -0.25) is 9.59 Å². The minimum absolute atomic E-state index is 0.0579. The van der Waals surface area contributed by atoms with Crippen molar-refractivity contribution in [3.63, 3.8) is 0 Å². The van der Waals surface area contributed by atoms with Crippen molar-refractivity contribution >= 4 is 11.8 Å². The third-order valence-electron chi connectivity index (χ3n) is 5.93. The Labute approximate surface area is 195 Å². The summed E-state index contributed by atoms with van der Waals surface area (Å²) in [5, 5.41) is 2.82. The highest BCUT2D eigenvalue weighted by atomic mass is 19.1. The molecule has 2 unspecified atom stereocenters. The second kappa shape index (κ2) is 12.0. The molecular formula is C28H31FN2O2. The summed E-state index contributed by atoms with van der Waals surface area (Å²) < 4.78 is 14.2. The fraction of sp³-hybridized carbons (Fsp3) is 0.286. The standard InChI is InChI=1S/C28H31FN2O2/c1-3-21(2)26(30-27(32)24-16-10-11-17-25(24)29)28(33)31(20-23-14-8-5-9-15-23)19-18-22-12-6-4-7-13-22/h4-17,21,26H,3,18-20H2,1-2H3,(H,30,32). The molecule has 2 amide bonds. The largest absolute Gasteiger partial charge is 0.340 e. The molecule has 3 rings (SSSR count). The highest BCUT2D eigenvalue weighted by Gasteiger charge is 2.31. The zero-order chi connectivity index (χ0) is 23.6. The van der Waals surface area contributed by atoms with Gasteiger partial charge in [0.05, 0.1) is 5.56 Å². The maximum absolute atomic E-state index is 14.2. The molecule has 4 nitrogen and oxygen atoms in total. The van der Waals surface area contributed by atoms with Gasteiger partial charge < -0.3 is 10.2 Å². The third kappa shape index (κ3) is 6.75. The van der Waals surface area contributed by atoms with Crippen LogP contribution in [0.2, 0.25) is 0 Å². The number of nitrogens with zero attached hydrogens (tertiary/aromatic N) is 1. The van der Waals surface area contributed by atoms with Crippen molar-refractivity contribution in [3.05, 3.63) is 107 Å². The Bertz CT molecular complexity index is 1040. The van der Waals surface area contributed by atoms with Crippen LogP contribution in [0.5, 0.6) is 0 Å². The minimum Gasteiger partial charge on any atom is -0.340 e. The van der Waals surface area contributed by atoms with Crippen molar-refractivity contribution in [2.24, 2.45) is 5.92 Å². The number of carbonyl (C=O) groups is 2. The highest BCUT2D eigenvalue weighted by Crippen LogP contribution is 2.16. The van der Waals surface area contributed by atoms with E-state index in [-0.39, 0.29) is 17.4 Å². The van der Waals surface area contributed by atoms with E-state index in [9.17, 15) is 14.0 Å². The van der Waals surface area contributed by atoms with E-state index in [4.69, 9.17) is 0 Å². The Morgan fingerprint density at radius 1 is 0.879 bits per heavy atom. The molecule has 0 aromatic heterocycles. The molecule has 0 aliphatic carbocycles. The normalized spacial score (nSPS) is 12.6. The van der Waals surface area contributed by atoms with Gasteiger partial charge in [0, 0.05) is 13.1 Å². The zero-order valence-corrected chi connectivity index (χ0v) is 19.2. The topological polar surface area (TPSA) is 49.4 Å². The lowest BCUT2D eigenvalue weighted by atomic mass is 9.96. The molecule has 0 radical (unpaired) electrons. The minimum atomic E-state index is -0.749. The molecule has 1 N–H and O–H groups in total. The number of benzene rings is 3. The Hall–Kier alpha value is -3.47. The van der Waals surface area contributed by atoms with Crippen LogP contribution in [0.25, 0.3) is 0 Å². The average molecular weight is 447 g/mol. The summed E-state index contributed by atoms with van der Waals surface area (Å²) in [5.41, 5.74) is 2.10. The summed E-state index contributed by atoms with van der Waals surface area (Å²) in [6, 6.07) is 24.9. The van der Waals surface area contributed by atoms with E-state index in [2.05, 4.69) is 5.32 Å². The van der Waals surface area contributed by atoms with Crippen LogP contribution in [0.15, 0.2) is 84.9 Å². The summed E-state index contributed by atoms with van der Waals surface area (Å²) in [5.74, 6) is -1.44. The first kappa shape index (κ1) is 24.2. The van der Waals surface area contributed by atoms with Gasteiger partial charge in [-0.2, -0.15) is 0 Å². The lowest BCUT2D eigenvalue weighted by Gasteiger charge is -2.31. The SMILES string of the molecule is CCC(C)C(NC(=O)c1ccccc1F)C(=O)N(CCc1ccccc1)Cc1ccccc1. The molecule has 3 aromatic carbocycles. The highest BCUT2D eigenvalue weighted by molar-refractivity contribution is 5.97. The van der Waals surface area contributed by atoms with E-state index >= 15 is 0 Å². The number of amides is 2. The van der Waals surface area contributed by atoms with Crippen molar-refractivity contribution < 1.29 is 14.0 Å². The van der Waals surface area contributed by atoms with Crippen LogP contribution < -0.4 is 5.32 Å². The molecule has 0 spiro atoms. The van der Waals surface area contributed by atoms with E-state index in [1.807, 2.05) is 74.5 Å². The van der Waals surface area contributed by atoms with Gasteiger partial charge in [0.1, 0.15) is 11.9 Å². The number of carbonyl (C=O) groups excluding carboxylic acids is 2. The van der Waals surface area contributed by atoms with Gasteiger partial charge in [0.2, 0.25) is 5.91 Å². The van der Waals surface area contributed by atoms with Gasteiger partial charge in [-0.25, -0.2) is 4.39 Å². The molecule has 33 heavy (non-hydrogen) atoms. The lowest BCUT2D eigenvalue weighted by Crippen LogP contribution is -2.52. The molecule has 0 heterocycles. The Kier molecular flexibility index (Phi) is 8.76. The predicted octanol–water partition coefficient (Wildman–Crippen LogP) is 5.24. The summed E-state index contributed by atoms with van der Waals surface area (Å²) in [6.07, 6.45) is 1.40. The van der Waals surface area contributed by atoms with Gasteiger partial charge in [-0.05, 0) is 35.6 Å². The number of hydrogen-bond donors (Lipinski definition) is 1. The van der Waals surface area contributed by atoms with Crippen molar-refractivity contribution in [2.75, 3.05) is 6.54 Å². The van der Waals surface area contributed by atoms with Gasteiger partial charge >= 0.3 is 0 Å². The molecule has 0 saturated heterocycles. The van der Waals surface area contributed by atoms with Gasteiger partial charge in [0.25, 0.3) is 5.91 Å². The van der Waals surface area contributed by atoms with Gasteiger partial charge in [-0.1, -0.05) is 93.1 Å². The summed E-state index contributed by atoms with van der Waals surface area (Å²) in [6.45, 7) is 4.86. The predicted molar refractivity (Wildman–Crippen MR) is 129 cm³/mol. The first-order valence-electron chi connectivity index (χ1n) is 11.4. The van der Waals surface area contributed by atoms with Crippen LogP contribution in [0.3, 0.4) is 0 Å². The molecule has 0 aliphatic rings. The number of rotatable bonds is 10. The Morgan fingerprint density at radius 2 is 1.45 bits per heavy atom. The van der Waals surface area contributed by atoms with E-state index in [1.54, 1.807) is 11.0 Å². The summed E-state index contributed by atoms with van der Waals surface area (Å²) in [7, 11) is 0. The van der Waals surface area contributed by atoms with Crippen LogP contribution in [-0.2, 0) is 17.8 Å². The first-order valence-corrected chi connectivity index (χ1v) is 11.4. The second-order valence-electron chi connectivity index (χ2n) is 8.30. The molecule has 0 aliphatic heterocycles. The zero-order valence-electron chi connectivity index (χ0n) is 19.2. The van der Waals surface area contributed by atoms with E-state index in [0.717, 1.165) is 11.1 Å². The van der Waals surface area contributed by atoms with Crippen LogP contribution in [0.4, 0.5) is 4.39 Å². The fourth-order valence-corrected chi connectivity index (χ4v) is 3.72. The van der Waals surface area contributed by atoms with Crippen LogP contribution >= 0.6 is 0 Å². The number of hydrogen-bond acceptors (Lipinski definition) is 2. The van der Waals surface area contributed by atoms with Gasteiger partial charge in [-0.15, -0.1) is 0 Å². The molecule has 0 bridgehead atoms. The average Bonchev–Trinajstić information content (AvgIpc) is 2.85. The molecular weight excluding hydrogens is 415 g/mol. The first-order chi connectivity index (χ1) is 16.0. The van der Waals surface area contributed by atoms with Gasteiger partial charge in [0.15, 0.2) is 0 Å². The van der Waals surface area contributed by atoms with Crippen LogP contribution in [-0.4, -0.2) is 29.3 Å². The van der Waals surface area contributed by atoms with E-state index < -0.39 is 17.8 Å². The Balaban J connectivity index is 1.83. The van der Waals surface area contributed by atoms with Crippen LogP contribution in [0.1, 0.15) is 41.8 Å². The Morgan fingerprint density at radius 3 is 2.06 bits per heavy atom. The second-order valence-corrected chi connectivity index (χ2v) is 8.30. The molecule has 5 heteroatoms. The van der Waals surface area contributed by atoms with E-state index in [1.165, 1.54) is 18.2 Å². The maximum atomic E-state index is 14.2. The van der Waals surface area contributed by atoms with Crippen molar-refractivity contribution in [1.82, 2.24) is 10.2 Å². The fourth-order valence-electron chi connectivity index (χ4n) is 3.72. The lowest BCUT2D eigenvalue weighted by molar-refractivity contribution is -0.135.